The van der Waals surface area contributed by atoms with Crippen molar-refractivity contribution in [3.63, 3.8) is 0 Å². The molecule has 0 aromatic carbocycles. The molecule has 1 aliphatic carbocycles. The molecule has 0 atom stereocenters. The molecule has 2 heterocycles. The highest BCUT2D eigenvalue weighted by atomic mass is 79.9. The van der Waals surface area contributed by atoms with E-state index in [-0.39, 0.29) is 0 Å². The first kappa shape index (κ1) is 14.5. The van der Waals surface area contributed by atoms with Crippen LogP contribution in [-0.4, -0.2) is 18.1 Å². The Kier molecular flexibility index (Phi) is 4.45. The first-order valence-electron chi connectivity index (χ1n) is 6.75. The zero-order valence-corrected chi connectivity index (χ0v) is 14.9. The van der Waals surface area contributed by atoms with Gasteiger partial charge in [-0.15, -0.1) is 22.7 Å². The molecule has 0 amide bonds. The molecule has 108 valence electrons. The largest absolute Gasteiger partial charge is 0.347 e. The van der Waals surface area contributed by atoms with Crippen LogP contribution in [0.15, 0.2) is 15.2 Å². The Balaban J connectivity index is 1.64. The van der Waals surface area contributed by atoms with E-state index >= 15 is 0 Å². The lowest BCUT2D eigenvalue weighted by molar-refractivity contribution is 0.691. The number of nitrogens with one attached hydrogen (secondary N) is 1. The second-order valence-corrected chi connectivity index (χ2v) is 8.63. The maximum Gasteiger partial charge on any atom is 0.185 e. The van der Waals surface area contributed by atoms with E-state index in [1.807, 2.05) is 11.3 Å². The van der Waals surface area contributed by atoms with E-state index in [0.717, 1.165) is 30.0 Å². The van der Waals surface area contributed by atoms with E-state index in [2.05, 4.69) is 51.6 Å². The van der Waals surface area contributed by atoms with E-state index in [4.69, 9.17) is 4.98 Å². The Morgan fingerprint density at radius 1 is 1.50 bits per heavy atom. The highest BCUT2D eigenvalue weighted by Crippen LogP contribution is 2.29. The minimum Gasteiger partial charge on any atom is -0.347 e. The SMILES string of the molecule is Cc1nc(N(C)Cc2csc(Br)c2)sc1CNC1CC1. The van der Waals surface area contributed by atoms with E-state index in [1.165, 1.54) is 27.1 Å². The Bertz CT molecular complexity index is 589. The number of anilines is 1. The molecular formula is C14H18BrN3S2. The van der Waals surface area contributed by atoms with Gasteiger partial charge in [0.2, 0.25) is 0 Å². The highest BCUT2D eigenvalue weighted by molar-refractivity contribution is 9.11. The zero-order chi connectivity index (χ0) is 14.1. The summed E-state index contributed by atoms with van der Waals surface area (Å²) in [6.07, 6.45) is 2.66. The average molecular weight is 372 g/mol. The summed E-state index contributed by atoms with van der Waals surface area (Å²) in [7, 11) is 2.11. The third-order valence-corrected chi connectivity index (χ3v) is 6.20. The fourth-order valence-electron chi connectivity index (χ4n) is 2.03. The first-order chi connectivity index (χ1) is 9.61. The quantitative estimate of drug-likeness (QED) is 0.825. The Labute approximate surface area is 136 Å². The molecular weight excluding hydrogens is 354 g/mol. The summed E-state index contributed by atoms with van der Waals surface area (Å²) >= 11 is 7.05. The number of rotatable bonds is 6. The third kappa shape index (κ3) is 3.61. The van der Waals surface area contributed by atoms with Crippen LogP contribution in [0, 0.1) is 6.92 Å². The van der Waals surface area contributed by atoms with Crippen LogP contribution in [0.25, 0.3) is 0 Å². The van der Waals surface area contributed by atoms with Crippen molar-refractivity contribution in [1.29, 1.82) is 0 Å². The van der Waals surface area contributed by atoms with Gasteiger partial charge >= 0.3 is 0 Å². The fraction of sp³-hybridized carbons (Fsp3) is 0.500. The van der Waals surface area contributed by atoms with Crippen LogP contribution in [0.4, 0.5) is 5.13 Å². The van der Waals surface area contributed by atoms with Crippen LogP contribution in [0.5, 0.6) is 0 Å². The molecule has 0 saturated heterocycles. The topological polar surface area (TPSA) is 28.2 Å². The van der Waals surface area contributed by atoms with Gasteiger partial charge in [-0.2, -0.15) is 0 Å². The summed E-state index contributed by atoms with van der Waals surface area (Å²) in [4.78, 5) is 8.30. The molecule has 0 aliphatic heterocycles. The summed E-state index contributed by atoms with van der Waals surface area (Å²) < 4.78 is 1.19. The van der Waals surface area contributed by atoms with Crippen molar-refractivity contribution in [2.24, 2.45) is 0 Å². The molecule has 0 radical (unpaired) electrons. The summed E-state index contributed by atoms with van der Waals surface area (Å²) in [6, 6.07) is 2.93. The molecule has 6 heteroatoms. The predicted octanol–water partition coefficient (Wildman–Crippen LogP) is 4.16. The Morgan fingerprint density at radius 2 is 2.30 bits per heavy atom. The van der Waals surface area contributed by atoms with Crippen LogP contribution in [0.3, 0.4) is 0 Å². The van der Waals surface area contributed by atoms with Crippen molar-refractivity contribution in [3.05, 3.63) is 31.4 Å². The number of hydrogen-bond donors (Lipinski definition) is 1. The van der Waals surface area contributed by atoms with Gasteiger partial charge in [0, 0.05) is 31.1 Å². The normalized spacial score (nSPS) is 14.8. The smallest absolute Gasteiger partial charge is 0.185 e. The number of nitrogens with zero attached hydrogens (tertiary/aromatic N) is 2. The molecule has 2 aromatic rings. The summed E-state index contributed by atoms with van der Waals surface area (Å²) in [5.74, 6) is 0. The Hall–Kier alpha value is -0.430. The van der Waals surface area contributed by atoms with Crippen LogP contribution in [0.1, 0.15) is 29.0 Å². The molecule has 1 saturated carbocycles. The van der Waals surface area contributed by atoms with Crippen LogP contribution < -0.4 is 10.2 Å². The van der Waals surface area contributed by atoms with Crippen molar-refractivity contribution < 1.29 is 0 Å². The maximum atomic E-state index is 4.71. The fourth-order valence-corrected chi connectivity index (χ4v) is 4.21. The van der Waals surface area contributed by atoms with E-state index < -0.39 is 0 Å². The minimum atomic E-state index is 0.751. The molecule has 0 spiro atoms. The summed E-state index contributed by atoms with van der Waals surface area (Å²) in [6.45, 7) is 3.98. The lowest BCUT2D eigenvalue weighted by Gasteiger charge is -2.14. The van der Waals surface area contributed by atoms with Crippen molar-refractivity contribution in [3.8, 4) is 0 Å². The van der Waals surface area contributed by atoms with Gasteiger partial charge in [-0.25, -0.2) is 4.98 Å². The minimum absolute atomic E-state index is 0.751. The second kappa shape index (κ2) is 6.13. The van der Waals surface area contributed by atoms with Gasteiger partial charge in [-0.1, -0.05) is 0 Å². The van der Waals surface area contributed by atoms with Gasteiger partial charge < -0.3 is 10.2 Å². The van der Waals surface area contributed by atoms with Crippen molar-refractivity contribution in [1.82, 2.24) is 10.3 Å². The van der Waals surface area contributed by atoms with E-state index in [0.29, 0.717) is 0 Å². The second-order valence-electron chi connectivity index (χ2n) is 5.28. The number of thiazole rings is 1. The number of aromatic nitrogens is 1. The number of hydrogen-bond acceptors (Lipinski definition) is 5. The van der Waals surface area contributed by atoms with Crippen molar-refractivity contribution >= 4 is 43.7 Å². The summed E-state index contributed by atoms with van der Waals surface area (Å²) in [5, 5.41) is 6.87. The molecule has 2 aromatic heterocycles. The monoisotopic (exact) mass is 371 g/mol. The van der Waals surface area contributed by atoms with Crippen molar-refractivity contribution in [2.45, 2.75) is 38.9 Å². The molecule has 0 unspecified atom stereocenters. The number of aryl methyl sites for hydroxylation is 1. The molecule has 1 N–H and O–H groups in total. The predicted molar refractivity (Wildman–Crippen MR) is 90.8 cm³/mol. The Morgan fingerprint density at radius 3 is 2.95 bits per heavy atom. The zero-order valence-electron chi connectivity index (χ0n) is 11.6. The first-order valence-corrected chi connectivity index (χ1v) is 9.24. The van der Waals surface area contributed by atoms with Crippen LogP contribution >= 0.6 is 38.6 Å². The molecule has 3 nitrogen and oxygen atoms in total. The van der Waals surface area contributed by atoms with Gasteiger partial charge in [0.05, 0.1) is 9.48 Å². The van der Waals surface area contributed by atoms with E-state index in [9.17, 15) is 0 Å². The molecule has 1 fully saturated rings. The van der Waals surface area contributed by atoms with Gasteiger partial charge in [-0.05, 0) is 52.7 Å². The molecule has 20 heavy (non-hydrogen) atoms. The average Bonchev–Trinajstić information content (AvgIpc) is 3.04. The summed E-state index contributed by atoms with van der Waals surface area (Å²) in [5.41, 5.74) is 2.49. The number of thiophene rings is 1. The highest BCUT2D eigenvalue weighted by Gasteiger charge is 2.21. The van der Waals surface area contributed by atoms with Gasteiger partial charge in [0.1, 0.15) is 0 Å². The molecule has 1 aliphatic rings. The molecule has 0 bridgehead atoms. The lowest BCUT2D eigenvalue weighted by atomic mass is 10.3. The third-order valence-electron chi connectivity index (χ3n) is 3.38. The standard InChI is InChI=1S/C14H18BrN3S2/c1-9-12(6-16-11-3-4-11)20-14(17-9)18(2)7-10-5-13(15)19-8-10/h5,8,11,16H,3-4,6-7H2,1-2H3. The lowest BCUT2D eigenvalue weighted by Crippen LogP contribution is -2.15. The molecule has 3 rings (SSSR count). The van der Waals surface area contributed by atoms with Gasteiger partial charge in [0.25, 0.3) is 0 Å². The maximum absolute atomic E-state index is 4.71. The van der Waals surface area contributed by atoms with Gasteiger partial charge in [-0.3, -0.25) is 0 Å². The van der Waals surface area contributed by atoms with Crippen molar-refractivity contribution in [2.75, 3.05) is 11.9 Å². The van der Waals surface area contributed by atoms with E-state index in [1.54, 1.807) is 11.3 Å². The van der Waals surface area contributed by atoms with Crippen LogP contribution in [0.2, 0.25) is 0 Å². The van der Waals surface area contributed by atoms with Crippen LogP contribution in [-0.2, 0) is 13.1 Å². The number of halogens is 1. The van der Waals surface area contributed by atoms with Gasteiger partial charge in [0.15, 0.2) is 5.13 Å².